The Morgan fingerprint density at radius 2 is 2.44 bits per heavy atom. The summed E-state index contributed by atoms with van der Waals surface area (Å²) in [5.74, 6) is 0. The van der Waals surface area contributed by atoms with E-state index in [1.54, 1.807) is 11.3 Å². The molecule has 4 heteroatoms. The highest BCUT2D eigenvalue weighted by molar-refractivity contribution is 7.09. The van der Waals surface area contributed by atoms with E-state index < -0.39 is 0 Å². The molecule has 0 saturated carbocycles. The van der Waals surface area contributed by atoms with Crippen molar-refractivity contribution in [3.63, 3.8) is 0 Å². The molecule has 2 aromatic rings. The number of hydrogen-bond donors (Lipinski definition) is 1. The summed E-state index contributed by atoms with van der Waals surface area (Å²) in [4.78, 5) is 5.34. The van der Waals surface area contributed by atoms with Crippen molar-refractivity contribution < 1.29 is 0 Å². The standard InChI is InChI=1S/C12H17N3S/c1-2-3-12(13)10-4-5-15(7-10)8-11-6-14-9-16-11/h4-7,9,12H,2-3,8,13H2,1H3. The summed E-state index contributed by atoms with van der Waals surface area (Å²) in [6.07, 6.45) is 8.31. The van der Waals surface area contributed by atoms with Gasteiger partial charge in [-0.15, -0.1) is 11.3 Å². The van der Waals surface area contributed by atoms with Crippen LogP contribution in [0.25, 0.3) is 0 Å². The Morgan fingerprint density at radius 3 is 3.12 bits per heavy atom. The molecular formula is C12H17N3S. The summed E-state index contributed by atoms with van der Waals surface area (Å²) in [6.45, 7) is 3.05. The Morgan fingerprint density at radius 1 is 1.56 bits per heavy atom. The van der Waals surface area contributed by atoms with Crippen molar-refractivity contribution in [2.75, 3.05) is 0 Å². The van der Waals surface area contributed by atoms with Crippen LogP contribution in [0, 0.1) is 0 Å². The second-order valence-corrected chi connectivity index (χ2v) is 4.95. The highest BCUT2D eigenvalue weighted by Crippen LogP contribution is 2.17. The molecule has 0 aliphatic heterocycles. The highest BCUT2D eigenvalue weighted by atomic mass is 32.1. The second-order valence-electron chi connectivity index (χ2n) is 3.98. The second kappa shape index (κ2) is 5.27. The van der Waals surface area contributed by atoms with Crippen LogP contribution < -0.4 is 5.73 Å². The van der Waals surface area contributed by atoms with Gasteiger partial charge in [-0.2, -0.15) is 0 Å². The van der Waals surface area contributed by atoms with Crippen LogP contribution in [-0.2, 0) is 6.54 Å². The molecule has 3 nitrogen and oxygen atoms in total. The van der Waals surface area contributed by atoms with Gasteiger partial charge in [0.25, 0.3) is 0 Å². The Hall–Kier alpha value is -1.13. The molecule has 86 valence electrons. The third-order valence-corrected chi connectivity index (χ3v) is 3.39. The van der Waals surface area contributed by atoms with Gasteiger partial charge in [0, 0.05) is 29.5 Å². The first kappa shape index (κ1) is 11.4. The fourth-order valence-electron chi connectivity index (χ4n) is 1.75. The molecule has 16 heavy (non-hydrogen) atoms. The zero-order valence-corrected chi connectivity index (χ0v) is 10.3. The smallest absolute Gasteiger partial charge is 0.0794 e. The van der Waals surface area contributed by atoms with E-state index in [0.29, 0.717) is 0 Å². The van der Waals surface area contributed by atoms with Gasteiger partial charge >= 0.3 is 0 Å². The number of thiazole rings is 1. The number of aromatic nitrogens is 2. The van der Waals surface area contributed by atoms with Crippen molar-refractivity contribution in [3.8, 4) is 0 Å². The molecule has 0 bridgehead atoms. The van der Waals surface area contributed by atoms with Crippen molar-refractivity contribution in [2.24, 2.45) is 5.73 Å². The Labute approximate surface area is 99.9 Å². The zero-order chi connectivity index (χ0) is 11.4. The first-order chi connectivity index (χ1) is 7.79. The third kappa shape index (κ3) is 2.71. The van der Waals surface area contributed by atoms with E-state index in [4.69, 9.17) is 5.73 Å². The van der Waals surface area contributed by atoms with Gasteiger partial charge in [-0.05, 0) is 18.1 Å². The Balaban J connectivity index is 2.02. The molecular weight excluding hydrogens is 218 g/mol. The van der Waals surface area contributed by atoms with Gasteiger partial charge in [0.2, 0.25) is 0 Å². The van der Waals surface area contributed by atoms with Crippen LogP contribution in [0.2, 0.25) is 0 Å². The van der Waals surface area contributed by atoms with Crippen molar-refractivity contribution in [3.05, 3.63) is 40.6 Å². The summed E-state index contributed by atoms with van der Waals surface area (Å²) in [7, 11) is 0. The molecule has 0 amide bonds. The molecule has 0 spiro atoms. The summed E-state index contributed by atoms with van der Waals surface area (Å²) < 4.78 is 2.17. The summed E-state index contributed by atoms with van der Waals surface area (Å²) in [5, 5.41) is 0. The summed E-state index contributed by atoms with van der Waals surface area (Å²) in [6, 6.07) is 2.29. The van der Waals surface area contributed by atoms with Crippen molar-refractivity contribution in [1.29, 1.82) is 0 Å². The molecule has 2 N–H and O–H groups in total. The number of nitrogens with two attached hydrogens (primary N) is 1. The monoisotopic (exact) mass is 235 g/mol. The molecule has 0 radical (unpaired) electrons. The van der Waals surface area contributed by atoms with Crippen LogP contribution in [0.1, 0.15) is 36.2 Å². The van der Waals surface area contributed by atoms with Gasteiger partial charge in [0.05, 0.1) is 12.1 Å². The Bertz CT molecular complexity index is 419. The quantitative estimate of drug-likeness (QED) is 0.866. The molecule has 0 saturated heterocycles. The van der Waals surface area contributed by atoms with Gasteiger partial charge in [-0.1, -0.05) is 13.3 Å². The van der Waals surface area contributed by atoms with Gasteiger partial charge in [-0.3, -0.25) is 4.98 Å². The van der Waals surface area contributed by atoms with Gasteiger partial charge in [-0.25, -0.2) is 0 Å². The minimum absolute atomic E-state index is 0.174. The minimum Gasteiger partial charge on any atom is -0.349 e. The minimum atomic E-state index is 0.174. The molecule has 1 atom stereocenters. The lowest BCUT2D eigenvalue weighted by Gasteiger charge is -2.07. The first-order valence-corrected chi connectivity index (χ1v) is 6.46. The van der Waals surface area contributed by atoms with Crippen molar-refractivity contribution in [2.45, 2.75) is 32.4 Å². The fraction of sp³-hybridized carbons (Fsp3) is 0.417. The SMILES string of the molecule is CCCC(N)c1ccn(Cc2cncs2)c1. The van der Waals surface area contributed by atoms with Gasteiger partial charge in [0.1, 0.15) is 0 Å². The molecule has 0 aromatic carbocycles. The van der Waals surface area contributed by atoms with E-state index in [1.807, 2.05) is 11.7 Å². The lowest BCUT2D eigenvalue weighted by molar-refractivity contribution is 0.636. The van der Waals surface area contributed by atoms with Crippen molar-refractivity contribution in [1.82, 2.24) is 9.55 Å². The topological polar surface area (TPSA) is 43.8 Å². The largest absolute Gasteiger partial charge is 0.349 e. The molecule has 0 aliphatic rings. The number of hydrogen-bond acceptors (Lipinski definition) is 3. The van der Waals surface area contributed by atoms with E-state index in [0.717, 1.165) is 19.4 Å². The Kier molecular flexibility index (Phi) is 3.74. The zero-order valence-electron chi connectivity index (χ0n) is 9.47. The van der Waals surface area contributed by atoms with Crippen LogP contribution in [-0.4, -0.2) is 9.55 Å². The predicted molar refractivity (Wildman–Crippen MR) is 67.5 cm³/mol. The number of rotatable bonds is 5. The highest BCUT2D eigenvalue weighted by Gasteiger charge is 2.06. The fourth-order valence-corrected chi connectivity index (χ4v) is 2.36. The molecule has 2 aromatic heterocycles. The summed E-state index contributed by atoms with van der Waals surface area (Å²) >= 11 is 1.68. The first-order valence-electron chi connectivity index (χ1n) is 5.58. The normalized spacial score (nSPS) is 12.9. The lowest BCUT2D eigenvalue weighted by atomic mass is 10.1. The maximum absolute atomic E-state index is 6.07. The van der Waals surface area contributed by atoms with Gasteiger partial charge < -0.3 is 10.3 Å². The van der Waals surface area contributed by atoms with Crippen LogP contribution >= 0.6 is 11.3 Å². The molecule has 2 rings (SSSR count). The van der Waals surface area contributed by atoms with Gasteiger partial charge in [0.15, 0.2) is 0 Å². The van der Waals surface area contributed by atoms with E-state index in [2.05, 4.69) is 34.9 Å². The van der Waals surface area contributed by atoms with Crippen molar-refractivity contribution >= 4 is 11.3 Å². The molecule has 1 unspecified atom stereocenters. The maximum Gasteiger partial charge on any atom is 0.0794 e. The molecule has 2 heterocycles. The third-order valence-electron chi connectivity index (χ3n) is 2.62. The average molecular weight is 235 g/mol. The van der Waals surface area contributed by atoms with Crippen LogP contribution in [0.4, 0.5) is 0 Å². The average Bonchev–Trinajstić information content (AvgIpc) is 2.90. The maximum atomic E-state index is 6.07. The van der Waals surface area contributed by atoms with Crippen LogP contribution in [0.5, 0.6) is 0 Å². The predicted octanol–water partition coefficient (Wildman–Crippen LogP) is 2.79. The number of nitrogens with zero attached hydrogens (tertiary/aromatic N) is 2. The van der Waals surface area contributed by atoms with Crippen LogP contribution in [0.3, 0.4) is 0 Å². The van der Waals surface area contributed by atoms with E-state index in [-0.39, 0.29) is 6.04 Å². The molecule has 0 aliphatic carbocycles. The van der Waals surface area contributed by atoms with E-state index in [9.17, 15) is 0 Å². The lowest BCUT2D eigenvalue weighted by Crippen LogP contribution is -2.08. The summed E-state index contributed by atoms with van der Waals surface area (Å²) in [5.41, 5.74) is 9.16. The van der Waals surface area contributed by atoms with E-state index in [1.165, 1.54) is 10.4 Å². The van der Waals surface area contributed by atoms with Crippen LogP contribution in [0.15, 0.2) is 30.2 Å². The molecule has 0 fully saturated rings. The van der Waals surface area contributed by atoms with E-state index >= 15 is 0 Å².